The van der Waals surface area contributed by atoms with Gasteiger partial charge >= 0.3 is 6.03 Å². The van der Waals surface area contributed by atoms with Crippen LogP contribution in [0.15, 0.2) is 18.7 Å². The van der Waals surface area contributed by atoms with E-state index in [1.807, 2.05) is 4.57 Å². The van der Waals surface area contributed by atoms with Gasteiger partial charge in [-0.25, -0.2) is 9.78 Å². The minimum Gasteiger partial charge on any atom is -0.340 e. The fraction of sp³-hybridized carbons (Fsp3) is 0.538. The molecule has 0 aromatic carbocycles. The van der Waals surface area contributed by atoms with Crippen LogP contribution < -0.4 is 10.6 Å². The van der Waals surface area contributed by atoms with Crippen molar-refractivity contribution in [2.24, 2.45) is 0 Å². The predicted molar refractivity (Wildman–Crippen MR) is 72.1 cm³/mol. The summed E-state index contributed by atoms with van der Waals surface area (Å²) in [5.41, 5.74) is -0.944. The third-order valence-corrected chi connectivity index (χ3v) is 4.00. The monoisotopic (exact) mass is 291 g/mol. The number of imidazole rings is 1. The SMILES string of the molecule is O=C1NC(=O)C2(CCCN(C(=O)CCn3ccnc3)C2)N1. The highest BCUT2D eigenvalue weighted by Gasteiger charge is 2.49. The lowest BCUT2D eigenvalue weighted by Crippen LogP contribution is -2.59. The molecule has 2 fully saturated rings. The molecule has 8 nitrogen and oxygen atoms in total. The lowest BCUT2D eigenvalue weighted by Gasteiger charge is -2.38. The number of carbonyl (C=O) groups excluding carboxylic acids is 3. The Hall–Kier alpha value is -2.38. The van der Waals surface area contributed by atoms with Crippen molar-refractivity contribution in [1.82, 2.24) is 25.1 Å². The van der Waals surface area contributed by atoms with E-state index in [2.05, 4.69) is 15.6 Å². The maximum Gasteiger partial charge on any atom is 0.322 e. The molecule has 2 N–H and O–H groups in total. The maximum atomic E-state index is 12.3. The first-order valence-electron chi connectivity index (χ1n) is 6.96. The highest BCUT2D eigenvalue weighted by Crippen LogP contribution is 2.24. The van der Waals surface area contributed by atoms with Gasteiger partial charge in [0.25, 0.3) is 5.91 Å². The third-order valence-electron chi connectivity index (χ3n) is 4.00. The fourth-order valence-electron chi connectivity index (χ4n) is 2.89. The zero-order valence-electron chi connectivity index (χ0n) is 11.5. The first-order valence-corrected chi connectivity index (χ1v) is 6.96. The molecule has 0 aliphatic carbocycles. The molecule has 0 bridgehead atoms. The number of piperidine rings is 1. The van der Waals surface area contributed by atoms with Crippen molar-refractivity contribution >= 4 is 17.8 Å². The minimum atomic E-state index is -0.944. The van der Waals surface area contributed by atoms with Crippen LogP contribution in [0.5, 0.6) is 0 Å². The highest BCUT2D eigenvalue weighted by molar-refractivity contribution is 6.07. The summed E-state index contributed by atoms with van der Waals surface area (Å²) in [6.45, 7) is 1.42. The van der Waals surface area contributed by atoms with Crippen molar-refractivity contribution in [3.63, 3.8) is 0 Å². The van der Waals surface area contributed by atoms with Gasteiger partial charge in [0.15, 0.2) is 0 Å². The second kappa shape index (κ2) is 5.19. The molecule has 1 unspecified atom stereocenters. The lowest BCUT2D eigenvalue weighted by molar-refractivity contribution is -0.136. The number of amides is 4. The van der Waals surface area contributed by atoms with Crippen molar-refractivity contribution in [3.05, 3.63) is 18.7 Å². The highest BCUT2D eigenvalue weighted by atomic mass is 16.2. The number of likely N-dealkylation sites (tertiary alicyclic amines) is 1. The van der Waals surface area contributed by atoms with E-state index < -0.39 is 11.6 Å². The van der Waals surface area contributed by atoms with Gasteiger partial charge in [-0.3, -0.25) is 14.9 Å². The molecule has 112 valence electrons. The first-order chi connectivity index (χ1) is 10.1. The van der Waals surface area contributed by atoms with Gasteiger partial charge in [0.2, 0.25) is 5.91 Å². The van der Waals surface area contributed by atoms with Crippen LogP contribution in [-0.4, -0.2) is 50.9 Å². The zero-order chi connectivity index (χ0) is 14.9. The van der Waals surface area contributed by atoms with Gasteiger partial charge in [0, 0.05) is 31.9 Å². The summed E-state index contributed by atoms with van der Waals surface area (Å²) in [6.07, 6.45) is 6.74. The molecule has 1 aromatic rings. The summed E-state index contributed by atoms with van der Waals surface area (Å²) in [4.78, 5) is 41.1. The first kappa shape index (κ1) is 13.6. The lowest BCUT2D eigenvalue weighted by atomic mass is 9.89. The second-order valence-electron chi connectivity index (χ2n) is 5.46. The molecule has 2 saturated heterocycles. The summed E-state index contributed by atoms with van der Waals surface area (Å²) in [5.74, 6) is -0.351. The van der Waals surface area contributed by atoms with Crippen LogP contribution in [0.25, 0.3) is 0 Å². The number of aryl methyl sites for hydroxylation is 1. The topological polar surface area (TPSA) is 96.3 Å². The van der Waals surface area contributed by atoms with Crippen LogP contribution in [0.1, 0.15) is 19.3 Å². The van der Waals surface area contributed by atoms with Gasteiger partial charge in [-0.2, -0.15) is 0 Å². The van der Waals surface area contributed by atoms with Crippen LogP contribution >= 0.6 is 0 Å². The molecule has 0 saturated carbocycles. The summed E-state index contributed by atoms with van der Waals surface area (Å²) in [7, 11) is 0. The molecule has 0 radical (unpaired) electrons. The Bertz CT molecular complexity index is 570. The normalized spacial score (nSPS) is 25.0. The van der Waals surface area contributed by atoms with Crippen LogP contribution in [0.4, 0.5) is 4.79 Å². The Balaban J connectivity index is 1.62. The fourth-order valence-corrected chi connectivity index (χ4v) is 2.89. The number of nitrogens with zero attached hydrogens (tertiary/aromatic N) is 3. The van der Waals surface area contributed by atoms with Crippen LogP contribution in [0.3, 0.4) is 0 Å². The van der Waals surface area contributed by atoms with Crippen molar-refractivity contribution < 1.29 is 14.4 Å². The smallest absolute Gasteiger partial charge is 0.322 e. The quantitative estimate of drug-likeness (QED) is 0.732. The molecule has 2 aliphatic rings. The van der Waals surface area contributed by atoms with Gasteiger partial charge in [0.05, 0.1) is 12.9 Å². The van der Waals surface area contributed by atoms with Gasteiger partial charge in [-0.1, -0.05) is 0 Å². The number of urea groups is 1. The Morgan fingerprint density at radius 3 is 2.95 bits per heavy atom. The maximum absolute atomic E-state index is 12.3. The molecule has 3 rings (SSSR count). The van der Waals surface area contributed by atoms with Crippen LogP contribution in [0.2, 0.25) is 0 Å². The number of rotatable bonds is 3. The Kier molecular flexibility index (Phi) is 3.36. The number of aromatic nitrogens is 2. The van der Waals surface area contributed by atoms with Gasteiger partial charge in [-0.05, 0) is 12.8 Å². The average molecular weight is 291 g/mol. The number of imide groups is 1. The van der Waals surface area contributed by atoms with E-state index in [-0.39, 0.29) is 18.4 Å². The van der Waals surface area contributed by atoms with Gasteiger partial charge in [0.1, 0.15) is 5.54 Å². The zero-order valence-corrected chi connectivity index (χ0v) is 11.5. The van der Waals surface area contributed by atoms with Crippen molar-refractivity contribution in [2.75, 3.05) is 13.1 Å². The molecule has 8 heteroatoms. The molecule has 1 atom stereocenters. The summed E-state index contributed by atoms with van der Waals surface area (Å²) >= 11 is 0. The number of hydrogen-bond donors (Lipinski definition) is 2. The van der Waals surface area contributed by atoms with E-state index in [4.69, 9.17) is 0 Å². The van der Waals surface area contributed by atoms with Crippen LogP contribution in [0, 0.1) is 0 Å². The number of carbonyl (C=O) groups is 3. The van der Waals surface area contributed by atoms with Gasteiger partial charge < -0.3 is 14.8 Å². The molecule has 3 heterocycles. The molecule has 2 aliphatic heterocycles. The Morgan fingerprint density at radius 1 is 1.43 bits per heavy atom. The van der Waals surface area contributed by atoms with Crippen molar-refractivity contribution in [1.29, 1.82) is 0 Å². The van der Waals surface area contributed by atoms with E-state index in [1.165, 1.54) is 0 Å². The van der Waals surface area contributed by atoms with Crippen molar-refractivity contribution in [2.45, 2.75) is 31.3 Å². The van der Waals surface area contributed by atoms with E-state index in [0.717, 1.165) is 0 Å². The Labute approximate surface area is 121 Å². The van der Waals surface area contributed by atoms with Crippen LogP contribution in [-0.2, 0) is 16.1 Å². The molecule has 21 heavy (non-hydrogen) atoms. The summed E-state index contributed by atoms with van der Waals surface area (Å²) < 4.78 is 1.83. The summed E-state index contributed by atoms with van der Waals surface area (Å²) in [6, 6.07) is -0.479. The third kappa shape index (κ3) is 2.61. The largest absolute Gasteiger partial charge is 0.340 e. The average Bonchev–Trinajstić information content (AvgIpc) is 3.06. The molecule has 4 amide bonds. The number of nitrogens with one attached hydrogen (secondary N) is 2. The van der Waals surface area contributed by atoms with Gasteiger partial charge in [-0.15, -0.1) is 0 Å². The summed E-state index contributed by atoms with van der Waals surface area (Å²) in [5, 5.41) is 4.92. The van der Waals surface area contributed by atoms with Crippen molar-refractivity contribution in [3.8, 4) is 0 Å². The molecular formula is C13H17N5O3. The van der Waals surface area contributed by atoms with E-state index >= 15 is 0 Å². The molecule has 1 aromatic heterocycles. The van der Waals surface area contributed by atoms with E-state index in [1.54, 1.807) is 23.6 Å². The van der Waals surface area contributed by atoms with E-state index in [0.29, 0.717) is 32.4 Å². The standard InChI is InChI=1S/C13H17N5O3/c19-10(2-6-17-7-4-14-9-17)18-5-1-3-13(8-18)11(20)15-12(21)16-13/h4,7,9H,1-3,5-6,8H2,(H2,15,16,20,21). The molecule has 1 spiro atoms. The van der Waals surface area contributed by atoms with E-state index in [9.17, 15) is 14.4 Å². The Morgan fingerprint density at radius 2 is 2.29 bits per heavy atom. The minimum absolute atomic E-state index is 0.0169. The number of hydrogen-bond acceptors (Lipinski definition) is 4. The second-order valence-corrected chi connectivity index (χ2v) is 5.46. The molecular weight excluding hydrogens is 274 g/mol. The predicted octanol–water partition coefficient (Wildman–Crippen LogP) is -0.526.